The van der Waals surface area contributed by atoms with Gasteiger partial charge < -0.3 is 10.1 Å². The van der Waals surface area contributed by atoms with Crippen LogP contribution >= 0.6 is 27.3 Å². The molecule has 3 aromatic rings. The number of imide groups is 1. The lowest BCUT2D eigenvalue weighted by molar-refractivity contribution is -0.120. The van der Waals surface area contributed by atoms with E-state index in [1.165, 1.54) is 18.4 Å². The van der Waals surface area contributed by atoms with Crippen molar-refractivity contribution in [3.8, 4) is 11.1 Å². The minimum absolute atomic E-state index is 0.0218. The van der Waals surface area contributed by atoms with Gasteiger partial charge in [0.2, 0.25) is 5.91 Å². The second-order valence-corrected chi connectivity index (χ2v) is 11.0. The normalized spacial score (nSPS) is 13.7. The molecule has 0 saturated carbocycles. The number of aryl methyl sites for hydroxylation is 1. The van der Waals surface area contributed by atoms with Crippen LogP contribution in [0, 0.1) is 12.8 Å². The number of nitrogens with one attached hydrogen (secondary N) is 1. The first kappa shape index (κ1) is 25.8. The summed E-state index contributed by atoms with van der Waals surface area (Å²) in [6, 6.07) is 13.0. The maximum absolute atomic E-state index is 13.6. The van der Waals surface area contributed by atoms with Gasteiger partial charge in [-0.2, -0.15) is 0 Å². The van der Waals surface area contributed by atoms with Crippen molar-refractivity contribution in [2.45, 2.75) is 33.2 Å². The zero-order valence-electron chi connectivity index (χ0n) is 20.3. The van der Waals surface area contributed by atoms with E-state index in [4.69, 9.17) is 4.74 Å². The molecule has 3 amide bonds. The van der Waals surface area contributed by atoms with Crippen LogP contribution in [0.2, 0.25) is 0 Å². The fraction of sp³-hybridized carbons (Fsp3) is 0.259. The highest BCUT2D eigenvalue weighted by Gasteiger charge is 2.43. The van der Waals surface area contributed by atoms with Crippen LogP contribution in [-0.2, 0) is 9.53 Å². The van der Waals surface area contributed by atoms with Gasteiger partial charge in [0.25, 0.3) is 11.8 Å². The van der Waals surface area contributed by atoms with Crippen LogP contribution in [0.3, 0.4) is 0 Å². The second kappa shape index (κ2) is 10.4. The Labute approximate surface area is 221 Å². The number of nitrogens with zero attached hydrogens (tertiary/aromatic N) is 1. The van der Waals surface area contributed by atoms with Gasteiger partial charge in [-0.3, -0.25) is 19.3 Å². The molecule has 1 aliphatic heterocycles. The Bertz CT molecular complexity index is 1330. The smallest absolute Gasteiger partial charge is 0.341 e. The molecule has 0 spiro atoms. The molecule has 36 heavy (non-hydrogen) atoms. The van der Waals surface area contributed by atoms with E-state index in [1.54, 1.807) is 24.3 Å². The molecule has 1 unspecified atom stereocenters. The van der Waals surface area contributed by atoms with Gasteiger partial charge in [-0.25, -0.2) is 4.79 Å². The molecular weight excluding hydrogens is 544 g/mol. The second-order valence-electron chi connectivity index (χ2n) is 8.90. The summed E-state index contributed by atoms with van der Waals surface area (Å²) in [6.45, 7) is 5.69. The largest absolute Gasteiger partial charge is 0.465 e. The number of amides is 3. The van der Waals surface area contributed by atoms with E-state index in [-0.39, 0.29) is 29.0 Å². The van der Waals surface area contributed by atoms with Crippen LogP contribution in [0.4, 0.5) is 5.00 Å². The van der Waals surface area contributed by atoms with E-state index in [2.05, 4.69) is 21.2 Å². The maximum Gasteiger partial charge on any atom is 0.341 e. The molecule has 0 bridgehead atoms. The van der Waals surface area contributed by atoms with Crippen LogP contribution in [0.25, 0.3) is 11.1 Å². The number of hydrogen-bond acceptors (Lipinski definition) is 6. The summed E-state index contributed by atoms with van der Waals surface area (Å²) in [6.07, 6.45) is 0.273. The summed E-state index contributed by atoms with van der Waals surface area (Å²) < 4.78 is 5.94. The van der Waals surface area contributed by atoms with Crippen LogP contribution in [0.15, 0.2) is 53.0 Å². The average molecular weight is 569 g/mol. The molecule has 1 aliphatic rings. The monoisotopic (exact) mass is 568 g/mol. The standard InChI is InChI=1S/C27H25BrN2O5S/c1-14(2)13-20(30-25(32)18-7-5-6-8-19(18)26(30)33)23(31)29-24-22(27(34)35-4)21(15(3)36-24)16-9-11-17(28)12-10-16/h5-12,14,20H,13H2,1-4H3,(H,29,31). The fourth-order valence-electron chi connectivity index (χ4n) is 4.36. The summed E-state index contributed by atoms with van der Waals surface area (Å²) in [5.41, 5.74) is 2.26. The molecule has 1 N–H and O–H groups in total. The van der Waals surface area contributed by atoms with Gasteiger partial charge in [0, 0.05) is 14.9 Å². The van der Waals surface area contributed by atoms with Crippen molar-refractivity contribution in [2.75, 3.05) is 12.4 Å². The van der Waals surface area contributed by atoms with Gasteiger partial charge in [-0.15, -0.1) is 11.3 Å². The van der Waals surface area contributed by atoms with E-state index >= 15 is 0 Å². The lowest BCUT2D eigenvalue weighted by Gasteiger charge is -2.26. The van der Waals surface area contributed by atoms with E-state index in [0.717, 1.165) is 19.8 Å². The first-order valence-corrected chi connectivity index (χ1v) is 13.0. The number of thiophene rings is 1. The predicted molar refractivity (Wildman–Crippen MR) is 142 cm³/mol. The molecule has 9 heteroatoms. The third-order valence-corrected chi connectivity index (χ3v) is 7.53. The zero-order valence-corrected chi connectivity index (χ0v) is 22.7. The van der Waals surface area contributed by atoms with E-state index in [1.807, 2.05) is 45.0 Å². The molecule has 0 fully saturated rings. The molecule has 0 aliphatic carbocycles. The van der Waals surface area contributed by atoms with Gasteiger partial charge in [-0.1, -0.05) is 54.0 Å². The van der Waals surface area contributed by atoms with Gasteiger partial charge >= 0.3 is 5.97 Å². The van der Waals surface area contributed by atoms with Gasteiger partial charge in [0.1, 0.15) is 16.6 Å². The Morgan fingerprint density at radius 2 is 1.61 bits per heavy atom. The summed E-state index contributed by atoms with van der Waals surface area (Å²) in [5, 5.41) is 3.15. The van der Waals surface area contributed by atoms with Crippen LogP contribution in [0.5, 0.6) is 0 Å². The van der Waals surface area contributed by atoms with E-state index < -0.39 is 29.7 Å². The summed E-state index contributed by atoms with van der Waals surface area (Å²) >= 11 is 4.66. The number of rotatable bonds is 7. The molecule has 1 aromatic heterocycles. The van der Waals surface area contributed by atoms with Crippen LogP contribution in [-0.4, -0.2) is 41.7 Å². The minimum atomic E-state index is -1.04. The Balaban J connectivity index is 1.73. The lowest BCUT2D eigenvalue weighted by Crippen LogP contribution is -2.48. The molecule has 1 atom stereocenters. The summed E-state index contributed by atoms with van der Waals surface area (Å²) in [7, 11) is 1.28. The molecule has 4 rings (SSSR count). The van der Waals surface area contributed by atoms with E-state index in [9.17, 15) is 19.2 Å². The number of esters is 1. The molecule has 0 saturated heterocycles. The molecule has 186 valence electrons. The number of carbonyl (C=O) groups excluding carboxylic acids is 4. The minimum Gasteiger partial charge on any atom is -0.465 e. The number of fused-ring (bicyclic) bond motifs is 1. The number of benzene rings is 2. The highest BCUT2D eigenvalue weighted by Crippen LogP contribution is 2.41. The lowest BCUT2D eigenvalue weighted by atomic mass is 10.0. The van der Waals surface area contributed by atoms with Crippen LogP contribution < -0.4 is 5.32 Å². The molecular formula is C27H25BrN2O5S. The number of methoxy groups -OCH3 is 1. The van der Waals surface area contributed by atoms with Crippen molar-refractivity contribution in [1.82, 2.24) is 4.90 Å². The highest BCUT2D eigenvalue weighted by atomic mass is 79.9. The highest BCUT2D eigenvalue weighted by molar-refractivity contribution is 9.10. The Hall–Kier alpha value is -3.30. The third kappa shape index (κ3) is 4.73. The van der Waals surface area contributed by atoms with Crippen molar-refractivity contribution in [3.63, 3.8) is 0 Å². The molecule has 7 nitrogen and oxygen atoms in total. The SMILES string of the molecule is COC(=O)c1c(NC(=O)C(CC(C)C)N2C(=O)c3ccccc3C2=O)sc(C)c1-c1ccc(Br)cc1. The topological polar surface area (TPSA) is 92.8 Å². The number of anilines is 1. The van der Waals surface area contributed by atoms with Gasteiger partial charge in [0.05, 0.1) is 18.2 Å². The Morgan fingerprint density at radius 3 is 2.14 bits per heavy atom. The molecule has 2 heterocycles. The third-order valence-electron chi connectivity index (χ3n) is 5.98. The number of hydrogen-bond donors (Lipinski definition) is 1. The molecule has 0 radical (unpaired) electrons. The number of halogens is 1. The van der Waals surface area contributed by atoms with Gasteiger partial charge in [0.15, 0.2) is 0 Å². The summed E-state index contributed by atoms with van der Waals surface area (Å²) in [4.78, 5) is 54.6. The quantitative estimate of drug-likeness (QED) is 0.282. The number of ether oxygens (including phenoxy) is 1. The number of carbonyl (C=O) groups is 4. The zero-order chi connectivity index (χ0) is 26.1. The predicted octanol–water partition coefficient (Wildman–Crippen LogP) is 5.92. The van der Waals surface area contributed by atoms with Crippen molar-refractivity contribution in [1.29, 1.82) is 0 Å². The first-order chi connectivity index (χ1) is 17.1. The van der Waals surface area contributed by atoms with Gasteiger partial charge in [-0.05, 0) is 49.1 Å². The maximum atomic E-state index is 13.6. The summed E-state index contributed by atoms with van der Waals surface area (Å²) in [5.74, 6) is -2.10. The molecule has 2 aromatic carbocycles. The van der Waals surface area contributed by atoms with Crippen molar-refractivity contribution in [2.24, 2.45) is 5.92 Å². The van der Waals surface area contributed by atoms with Crippen LogP contribution in [0.1, 0.15) is 56.2 Å². The van der Waals surface area contributed by atoms with E-state index in [0.29, 0.717) is 10.6 Å². The Morgan fingerprint density at radius 1 is 1.03 bits per heavy atom. The van der Waals surface area contributed by atoms with Crippen molar-refractivity contribution in [3.05, 3.63) is 74.6 Å². The fourth-order valence-corrected chi connectivity index (χ4v) is 5.69. The van der Waals surface area contributed by atoms with Crippen molar-refractivity contribution >= 4 is 56.0 Å². The van der Waals surface area contributed by atoms with Crippen molar-refractivity contribution < 1.29 is 23.9 Å². The average Bonchev–Trinajstić information content (AvgIpc) is 3.30. The first-order valence-electron chi connectivity index (χ1n) is 11.4. The Kier molecular flexibility index (Phi) is 7.42.